The first-order chi connectivity index (χ1) is 10.4. The highest BCUT2D eigenvalue weighted by molar-refractivity contribution is 7.18. The molecule has 0 saturated heterocycles. The topological polar surface area (TPSA) is 42.2 Å². The van der Waals surface area contributed by atoms with Crippen LogP contribution >= 0.6 is 11.3 Å². The molecular weight excluding hydrogens is 280 g/mol. The summed E-state index contributed by atoms with van der Waals surface area (Å²) in [6.45, 7) is 1.58. The van der Waals surface area contributed by atoms with E-state index in [1.165, 1.54) is 10.3 Å². The van der Waals surface area contributed by atoms with E-state index in [-0.39, 0.29) is 0 Å². The van der Waals surface area contributed by atoms with E-state index in [2.05, 4.69) is 39.7 Å². The molecule has 1 aromatic carbocycles. The summed E-state index contributed by atoms with van der Waals surface area (Å²) in [6.07, 6.45) is 3.88. The zero-order valence-electron chi connectivity index (χ0n) is 11.4. The highest BCUT2D eigenvalue weighted by Gasteiger charge is 2.05. The minimum atomic E-state index is 0.781. The molecule has 4 rings (SSSR count). The van der Waals surface area contributed by atoms with Crippen LogP contribution in [0.5, 0.6) is 0 Å². The molecule has 1 N–H and O–H groups in total. The monoisotopic (exact) mass is 294 g/mol. The molecule has 0 aliphatic heterocycles. The normalized spacial score (nSPS) is 11.4. The third-order valence-electron chi connectivity index (χ3n) is 3.44. The number of rotatable bonds is 4. The fourth-order valence-corrected chi connectivity index (χ4v) is 3.36. The molecule has 104 valence electrons. The average Bonchev–Trinajstić information content (AvgIpc) is 3.11. The lowest BCUT2D eigenvalue weighted by Crippen LogP contribution is -2.12. The van der Waals surface area contributed by atoms with Gasteiger partial charge >= 0.3 is 0 Å². The van der Waals surface area contributed by atoms with Gasteiger partial charge in [-0.1, -0.05) is 18.2 Å². The van der Waals surface area contributed by atoms with Crippen LogP contribution in [0.2, 0.25) is 0 Å². The Morgan fingerprint density at radius 1 is 1.05 bits per heavy atom. The Morgan fingerprint density at radius 2 is 1.95 bits per heavy atom. The van der Waals surface area contributed by atoms with E-state index in [9.17, 15) is 0 Å². The van der Waals surface area contributed by atoms with Crippen LogP contribution in [0.1, 0.15) is 10.6 Å². The summed E-state index contributed by atoms with van der Waals surface area (Å²) in [5.74, 6) is 0. The highest BCUT2D eigenvalue weighted by Crippen LogP contribution is 2.21. The van der Waals surface area contributed by atoms with Gasteiger partial charge in [-0.25, -0.2) is 9.50 Å². The van der Waals surface area contributed by atoms with Crippen LogP contribution < -0.4 is 5.32 Å². The number of fused-ring (bicyclic) bond motifs is 2. The van der Waals surface area contributed by atoms with Gasteiger partial charge in [0.25, 0.3) is 0 Å². The van der Waals surface area contributed by atoms with Crippen molar-refractivity contribution in [3.05, 3.63) is 65.4 Å². The number of para-hydroxylation sites is 1. The standard InChI is InChI=1S/C16H14N4S/c1-2-7-15-13(5-1)19-16(21-15)11-17-9-12-10-18-20-8-4-3-6-14(12)20/h1-8,10,17H,9,11H2. The van der Waals surface area contributed by atoms with Crippen molar-refractivity contribution in [3.63, 3.8) is 0 Å². The van der Waals surface area contributed by atoms with E-state index in [0.29, 0.717) is 0 Å². The minimum absolute atomic E-state index is 0.781. The maximum absolute atomic E-state index is 4.63. The van der Waals surface area contributed by atoms with Crippen LogP contribution in [-0.2, 0) is 13.1 Å². The van der Waals surface area contributed by atoms with Crippen LogP contribution in [0.25, 0.3) is 15.7 Å². The van der Waals surface area contributed by atoms with E-state index in [4.69, 9.17) is 0 Å². The zero-order valence-corrected chi connectivity index (χ0v) is 12.2. The maximum atomic E-state index is 4.63. The molecule has 5 heteroatoms. The predicted octanol–water partition coefficient (Wildman–Crippen LogP) is 3.23. The molecular formula is C16H14N4S. The van der Waals surface area contributed by atoms with Crippen LogP contribution in [0.15, 0.2) is 54.9 Å². The van der Waals surface area contributed by atoms with E-state index in [0.717, 1.165) is 29.1 Å². The smallest absolute Gasteiger partial charge is 0.108 e. The molecule has 0 aliphatic rings. The molecule has 0 bridgehead atoms. The summed E-state index contributed by atoms with van der Waals surface area (Å²) in [5, 5.41) is 8.91. The summed E-state index contributed by atoms with van der Waals surface area (Å²) in [4.78, 5) is 4.63. The molecule has 0 saturated carbocycles. The van der Waals surface area contributed by atoms with E-state index in [1.54, 1.807) is 11.3 Å². The number of thiazole rings is 1. The molecule has 0 spiro atoms. The molecule has 3 heterocycles. The van der Waals surface area contributed by atoms with Crippen molar-refractivity contribution in [3.8, 4) is 0 Å². The zero-order chi connectivity index (χ0) is 14.1. The second kappa shape index (κ2) is 5.27. The van der Waals surface area contributed by atoms with E-state index in [1.807, 2.05) is 35.1 Å². The van der Waals surface area contributed by atoms with Crippen LogP contribution in [0, 0.1) is 0 Å². The predicted molar refractivity (Wildman–Crippen MR) is 85.4 cm³/mol. The quantitative estimate of drug-likeness (QED) is 0.628. The summed E-state index contributed by atoms with van der Waals surface area (Å²) in [5.41, 5.74) is 3.43. The van der Waals surface area contributed by atoms with Crippen LogP contribution in [0.3, 0.4) is 0 Å². The number of aromatic nitrogens is 3. The number of benzene rings is 1. The third-order valence-corrected chi connectivity index (χ3v) is 4.47. The first-order valence-corrected chi connectivity index (χ1v) is 7.68. The van der Waals surface area contributed by atoms with Gasteiger partial charge in [-0.2, -0.15) is 5.10 Å². The number of hydrogen-bond acceptors (Lipinski definition) is 4. The lowest BCUT2D eigenvalue weighted by atomic mass is 10.2. The van der Waals surface area contributed by atoms with E-state index < -0.39 is 0 Å². The fraction of sp³-hybridized carbons (Fsp3) is 0.125. The summed E-state index contributed by atoms with van der Waals surface area (Å²) >= 11 is 1.74. The Morgan fingerprint density at radius 3 is 2.90 bits per heavy atom. The summed E-state index contributed by atoms with van der Waals surface area (Å²) in [7, 11) is 0. The third kappa shape index (κ3) is 2.41. The van der Waals surface area contributed by atoms with Crippen LogP contribution in [0.4, 0.5) is 0 Å². The molecule has 0 fully saturated rings. The molecule has 21 heavy (non-hydrogen) atoms. The Kier molecular flexibility index (Phi) is 3.14. The first kappa shape index (κ1) is 12.5. The van der Waals surface area contributed by atoms with Gasteiger partial charge < -0.3 is 5.32 Å². The summed E-state index contributed by atoms with van der Waals surface area (Å²) < 4.78 is 3.14. The maximum Gasteiger partial charge on any atom is 0.108 e. The average molecular weight is 294 g/mol. The molecule has 4 nitrogen and oxygen atoms in total. The van der Waals surface area contributed by atoms with E-state index >= 15 is 0 Å². The van der Waals surface area contributed by atoms with Crippen molar-refractivity contribution in [1.29, 1.82) is 0 Å². The lowest BCUT2D eigenvalue weighted by Gasteiger charge is -2.01. The van der Waals surface area contributed by atoms with Crippen LogP contribution in [-0.4, -0.2) is 14.6 Å². The Hall–Kier alpha value is -2.24. The molecule has 0 aliphatic carbocycles. The summed E-state index contributed by atoms with van der Waals surface area (Å²) in [6, 6.07) is 14.4. The Labute approximate surface area is 126 Å². The van der Waals surface area contributed by atoms with Gasteiger partial charge in [0.15, 0.2) is 0 Å². The van der Waals surface area contributed by atoms with Crippen molar-refractivity contribution in [2.75, 3.05) is 0 Å². The van der Waals surface area contributed by atoms with Gasteiger partial charge in [0.2, 0.25) is 0 Å². The van der Waals surface area contributed by atoms with Gasteiger partial charge in [-0.3, -0.25) is 0 Å². The lowest BCUT2D eigenvalue weighted by molar-refractivity contribution is 0.694. The number of nitrogens with one attached hydrogen (secondary N) is 1. The number of nitrogens with zero attached hydrogens (tertiary/aromatic N) is 3. The SMILES string of the molecule is c1ccc2sc(CNCc3cnn4ccccc34)nc2c1. The first-order valence-electron chi connectivity index (χ1n) is 6.86. The molecule has 0 radical (unpaired) electrons. The molecule has 0 atom stereocenters. The highest BCUT2D eigenvalue weighted by atomic mass is 32.1. The molecule has 0 unspecified atom stereocenters. The minimum Gasteiger partial charge on any atom is -0.306 e. The van der Waals surface area contributed by atoms with Gasteiger partial charge in [-0.05, 0) is 24.3 Å². The van der Waals surface area contributed by atoms with Crippen molar-refractivity contribution in [2.24, 2.45) is 0 Å². The van der Waals surface area contributed by atoms with Gasteiger partial charge in [0.1, 0.15) is 5.01 Å². The second-order valence-corrected chi connectivity index (χ2v) is 5.99. The molecule has 4 aromatic rings. The Balaban J connectivity index is 1.47. The number of hydrogen-bond donors (Lipinski definition) is 1. The molecule has 3 aromatic heterocycles. The van der Waals surface area contributed by atoms with Crippen molar-refractivity contribution in [2.45, 2.75) is 13.1 Å². The van der Waals surface area contributed by atoms with Crippen molar-refractivity contribution < 1.29 is 0 Å². The van der Waals surface area contributed by atoms with Gasteiger partial charge in [-0.15, -0.1) is 11.3 Å². The van der Waals surface area contributed by atoms with Crippen molar-refractivity contribution >= 4 is 27.1 Å². The number of pyridine rings is 1. The second-order valence-electron chi connectivity index (χ2n) is 4.88. The fourth-order valence-electron chi connectivity index (χ4n) is 2.42. The van der Waals surface area contributed by atoms with Gasteiger partial charge in [0.05, 0.1) is 21.9 Å². The van der Waals surface area contributed by atoms with Crippen molar-refractivity contribution in [1.82, 2.24) is 19.9 Å². The Bertz CT molecular complexity index is 860. The largest absolute Gasteiger partial charge is 0.306 e. The molecule has 0 amide bonds. The van der Waals surface area contributed by atoms with Gasteiger partial charge in [0, 0.05) is 24.8 Å².